The Morgan fingerprint density at radius 2 is 1.41 bits per heavy atom. The number of anilines is 1. The highest BCUT2D eigenvalue weighted by molar-refractivity contribution is 7.92. The van der Waals surface area contributed by atoms with Gasteiger partial charge in [0.15, 0.2) is 0 Å². The van der Waals surface area contributed by atoms with Gasteiger partial charge in [0.1, 0.15) is 5.76 Å². The topological polar surface area (TPSA) is 105 Å². The van der Waals surface area contributed by atoms with E-state index in [4.69, 9.17) is 4.42 Å². The zero-order valence-electron chi connectivity index (χ0n) is 14.4. The lowest BCUT2D eigenvalue weighted by atomic mass is 10.2. The van der Waals surface area contributed by atoms with Gasteiger partial charge in [-0.15, -0.1) is 0 Å². The molecule has 1 heterocycles. The maximum atomic E-state index is 12.4. The molecule has 0 saturated heterocycles. The van der Waals surface area contributed by atoms with Crippen LogP contribution in [0.2, 0.25) is 0 Å². The van der Waals surface area contributed by atoms with Crippen LogP contribution < -0.4 is 9.44 Å². The van der Waals surface area contributed by atoms with Crippen LogP contribution in [-0.4, -0.2) is 16.8 Å². The minimum atomic E-state index is -3.75. The molecule has 0 atom stereocenters. The lowest BCUT2D eigenvalue weighted by Crippen LogP contribution is -2.23. The van der Waals surface area contributed by atoms with E-state index in [-0.39, 0.29) is 22.0 Å². The van der Waals surface area contributed by atoms with Crippen molar-refractivity contribution in [1.82, 2.24) is 4.72 Å². The Kier molecular flexibility index (Phi) is 5.36. The fourth-order valence-corrected chi connectivity index (χ4v) is 4.35. The molecule has 1 aromatic heterocycles. The highest BCUT2D eigenvalue weighted by atomic mass is 32.2. The summed E-state index contributed by atoms with van der Waals surface area (Å²) in [5, 5.41) is 0. The second kappa shape index (κ2) is 7.55. The number of hydrogen-bond acceptors (Lipinski definition) is 5. The van der Waals surface area contributed by atoms with E-state index in [0.29, 0.717) is 5.76 Å². The maximum Gasteiger partial charge on any atom is 0.261 e. The van der Waals surface area contributed by atoms with Crippen LogP contribution in [-0.2, 0) is 26.6 Å². The summed E-state index contributed by atoms with van der Waals surface area (Å²) in [7, 11) is -7.49. The molecule has 0 aliphatic rings. The molecule has 0 bridgehead atoms. The predicted molar refractivity (Wildman–Crippen MR) is 101 cm³/mol. The first-order valence-corrected chi connectivity index (χ1v) is 10.9. The van der Waals surface area contributed by atoms with Gasteiger partial charge in [0.2, 0.25) is 10.0 Å². The molecule has 0 saturated carbocycles. The molecule has 0 fully saturated rings. The molecule has 9 heteroatoms. The van der Waals surface area contributed by atoms with Crippen molar-refractivity contribution in [3.63, 3.8) is 0 Å². The molecule has 0 spiro atoms. The van der Waals surface area contributed by atoms with E-state index in [2.05, 4.69) is 9.44 Å². The van der Waals surface area contributed by atoms with E-state index in [9.17, 15) is 16.8 Å². The van der Waals surface area contributed by atoms with E-state index in [1.165, 1.54) is 42.7 Å². The Balaban J connectivity index is 1.72. The molecule has 0 aliphatic carbocycles. The molecule has 2 aromatic carbocycles. The Bertz CT molecular complexity index is 1100. The van der Waals surface area contributed by atoms with E-state index >= 15 is 0 Å². The second-order valence-electron chi connectivity index (χ2n) is 5.85. The Morgan fingerprint density at radius 1 is 0.815 bits per heavy atom. The average Bonchev–Trinajstić information content (AvgIpc) is 3.14. The van der Waals surface area contributed by atoms with Crippen molar-refractivity contribution < 1.29 is 21.3 Å². The number of benzene rings is 2. The fourth-order valence-electron chi connectivity index (χ4n) is 2.30. The van der Waals surface area contributed by atoms with Gasteiger partial charge < -0.3 is 4.42 Å². The van der Waals surface area contributed by atoms with Gasteiger partial charge in [-0.3, -0.25) is 4.72 Å². The van der Waals surface area contributed by atoms with Crippen LogP contribution in [0.4, 0.5) is 5.69 Å². The minimum Gasteiger partial charge on any atom is -0.468 e. The summed E-state index contributed by atoms with van der Waals surface area (Å²) in [5.41, 5.74) is 1.21. The van der Waals surface area contributed by atoms with Crippen molar-refractivity contribution in [1.29, 1.82) is 0 Å². The zero-order valence-corrected chi connectivity index (χ0v) is 16.0. The minimum absolute atomic E-state index is 0.0207. The van der Waals surface area contributed by atoms with Crippen LogP contribution in [0.25, 0.3) is 0 Å². The maximum absolute atomic E-state index is 12.4. The molecule has 2 N–H and O–H groups in total. The van der Waals surface area contributed by atoms with E-state index in [1.54, 1.807) is 24.3 Å². The van der Waals surface area contributed by atoms with Crippen LogP contribution in [0.15, 0.2) is 81.1 Å². The SMILES string of the molecule is Cc1ccc(S(=O)(=O)Nc2ccc(S(=O)(=O)NCc3ccco3)cc2)cc1. The molecular formula is C18H18N2O5S2. The van der Waals surface area contributed by atoms with Gasteiger partial charge in [0.25, 0.3) is 10.0 Å². The summed E-state index contributed by atoms with van der Waals surface area (Å²) in [5.74, 6) is 0.487. The summed E-state index contributed by atoms with van der Waals surface area (Å²) in [6.45, 7) is 1.89. The smallest absolute Gasteiger partial charge is 0.261 e. The third kappa shape index (κ3) is 4.76. The third-order valence-electron chi connectivity index (χ3n) is 3.76. The van der Waals surface area contributed by atoms with Crippen molar-refractivity contribution in [2.24, 2.45) is 0 Å². The van der Waals surface area contributed by atoms with Gasteiger partial charge in [-0.2, -0.15) is 0 Å². The first-order valence-electron chi connectivity index (χ1n) is 7.98. The van der Waals surface area contributed by atoms with Crippen molar-refractivity contribution >= 4 is 25.7 Å². The van der Waals surface area contributed by atoms with Crippen molar-refractivity contribution in [2.45, 2.75) is 23.3 Å². The molecule has 142 valence electrons. The fraction of sp³-hybridized carbons (Fsp3) is 0.111. The normalized spacial score (nSPS) is 12.0. The van der Waals surface area contributed by atoms with Crippen LogP contribution in [0.1, 0.15) is 11.3 Å². The summed E-state index contributed by atoms with van der Waals surface area (Å²) < 4.78 is 59.3. The zero-order chi connectivity index (χ0) is 19.5. The molecular weight excluding hydrogens is 388 g/mol. The Morgan fingerprint density at radius 3 is 2.00 bits per heavy atom. The lowest BCUT2D eigenvalue weighted by Gasteiger charge is -2.10. The van der Waals surface area contributed by atoms with Gasteiger partial charge >= 0.3 is 0 Å². The molecule has 0 aliphatic heterocycles. The van der Waals surface area contributed by atoms with Crippen molar-refractivity contribution in [3.05, 3.63) is 78.3 Å². The Labute approximate surface area is 158 Å². The summed E-state index contributed by atoms with van der Waals surface area (Å²) >= 11 is 0. The first kappa shape index (κ1) is 19.2. The van der Waals surface area contributed by atoms with Gasteiger partial charge in [-0.1, -0.05) is 17.7 Å². The van der Waals surface area contributed by atoms with Gasteiger partial charge in [-0.05, 0) is 55.5 Å². The average molecular weight is 406 g/mol. The molecule has 27 heavy (non-hydrogen) atoms. The van der Waals surface area contributed by atoms with Crippen LogP contribution >= 0.6 is 0 Å². The Hall–Kier alpha value is -2.62. The first-order chi connectivity index (χ1) is 12.8. The largest absolute Gasteiger partial charge is 0.468 e. The number of hydrogen-bond donors (Lipinski definition) is 2. The molecule has 3 aromatic rings. The summed E-state index contributed by atoms with van der Waals surface area (Å²) in [4.78, 5) is 0.150. The van der Waals surface area contributed by atoms with E-state index in [0.717, 1.165) is 5.56 Å². The molecule has 7 nitrogen and oxygen atoms in total. The summed E-state index contributed by atoms with van der Waals surface area (Å²) in [6, 6.07) is 15.2. The van der Waals surface area contributed by atoms with Crippen LogP contribution in [0, 0.1) is 6.92 Å². The van der Waals surface area contributed by atoms with Gasteiger partial charge in [-0.25, -0.2) is 21.6 Å². The summed E-state index contributed by atoms with van der Waals surface area (Å²) in [6.07, 6.45) is 1.46. The lowest BCUT2D eigenvalue weighted by molar-refractivity contribution is 0.498. The standard InChI is InChI=1S/C18H18N2O5S2/c1-14-4-8-18(9-5-14)27(23,24)20-15-6-10-17(11-7-15)26(21,22)19-13-16-3-2-12-25-16/h2-12,19-20H,13H2,1H3. The quantitative estimate of drug-likeness (QED) is 0.628. The van der Waals surface area contributed by atoms with Crippen LogP contribution in [0.5, 0.6) is 0 Å². The number of aryl methyl sites for hydroxylation is 1. The second-order valence-corrected chi connectivity index (χ2v) is 9.30. The highest BCUT2D eigenvalue weighted by Gasteiger charge is 2.17. The number of nitrogens with one attached hydrogen (secondary N) is 2. The van der Waals surface area contributed by atoms with Crippen molar-refractivity contribution in [3.8, 4) is 0 Å². The number of rotatable bonds is 7. The van der Waals surface area contributed by atoms with Gasteiger partial charge in [0.05, 0.1) is 22.6 Å². The highest BCUT2D eigenvalue weighted by Crippen LogP contribution is 2.19. The number of furan rings is 1. The molecule has 0 unspecified atom stereocenters. The van der Waals surface area contributed by atoms with Crippen molar-refractivity contribution in [2.75, 3.05) is 4.72 Å². The monoisotopic (exact) mass is 406 g/mol. The number of sulfonamides is 2. The van der Waals surface area contributed by atoms with Crippen LogP contribution in [0.3, 0.4) is 0 Å². The third-order valence-corrected chi connectivity index (χ3v) is 6.58. The molecule has 0 radical (unpaired) electrons. The molecule has 0 amide bonds. The van der Waals surface area contributed by atoms with Gasteiger partial charge in [0, 0.05) is 5.69 Å². The predicted octanol–water partition coefficient (Wildman–Crippen LogP) is 2.87. The van der Waals surface area contributed by atoms with E-state index in [1.807, 2.05) is 6.92 Å². The van der Waals surface area contributed by atoms with E-state index < -0.39 is 20.0 Å². The molecule has 3 rings (SSSR count).